The first-order valence-electron chi connectivity index (χ1n) is 11.1. The Labute approximate surface area is 197 Å². The molecule has 0 radical (unpaired) electrons. The van der Waals surface area contributed by atoms with Gasteiger partial charge < -0.3 is 15.4 Å². The number of fused-ring (bicyclic) bond motifs is 1. The number of aromatic nitrogens is 4. The third-order valence-electron chi connectivity index (χ3n) is 5.58. The molecule has 2 aromatic heterocycles. The molecule has 1 atom stereocenters. The highest BCUT2D eigenvalue weighted by Gasteiger charge is 2.36. The van der Waals surface area contributed by atoms with Crippen LogP contribution in [0, 0.1) is 0 Å². The predicted octanol–water partition coefficient (Wildman–Crippen LogP) is 4.67. The molecule has 2 N–H and O–H groups in total. The van der Waals surface area contributed by atoms with Crippen molar-refractivity contribution in [3.05, 3.63) is 96.0 Å². The maximum absolute atomic E-state index is 13.6. The molecule has 0 saturated heterocycles. The van der Waals surface area contributed by atoms with Gasteiger partial charge in [-0.15, -0.1) is 5.10 Å². The first-order valence-corrected chi connectivity index (χ1v) is 11.1. The second-order valence-electron chi connectivity index (χ2n) is 7.80. The summed E-state index contributed by atoms with van der Waals surface area (Å²) in [5.41, 5.74) is 3.62. The van der Waals surface area contributed by atoms with Crippen LogP contribution in [0.5, 0.6) is 5.75 Å². The topological polar surface area (TPSA) is 94.0 Å². The van der Waals surface area contributed by atoms with Crippen molar-refractivity contribution in [1.29, 1.82) is 0 Å². The van der Waals surface area contributed by atoms with Crippen LogP contribution >= 0.6 is 0 Å². The molecule has 5 rings (SSSR count). The van der Waals surface area contributed by atoms with Gasteiger partial charge in [-0.1, -0.05) is 36.4 Å². The largest absolute Gasteiger partial charge is 0.494 e. The lowest BCUT2D eigenvalue weighted by atomic mass is 9.94. The average Bonchev–Trinajstić information content (AvgIpc) is 3.28. The highest BCUT2D eigenvalue weighted by Crippen LogP contribution is 2.40. The van der Waals surface area contributed by atoms with Crippen LogP contribution in [0.4, 0.5) is 11.6 Å². The van der Waals surface area contributed by atoms with Gasteiger partial charge in [0.05, 0.1) is 12.2 Å². The fraction of sp³-hybridized carbons (Fsp3) is 0.154. The molecule has 1 amide bonds. The monoisotopic (exact) mass is 452 g/mol. The zero-order valence-corrected chi connectivity index (χ0v) is 18.9. The van der Waals surface area contributed by atoms with Crippen LogP contribution in [0.3, 0.4) is 0 Å². The minimum absolute atomic E-state index is 0.223. The van der Waals surface area contributed by atoms with E-state index in [-0.39, 0.29) is 5.91 Å². The number of benzene rings is 2. The van der Waals surface area contributed by atoms with Crippen LogP contribution in [-0.2, 0) is 4.79 Å². The van der Waals surface area contributed by atoms with Crippen LogP contribution in [0.2, 0.25) is 0 Å². The van der Waals surface area contributed by atoms with Crippen molar-refractivity contribution in [3.8, 4) is 17.1 Å². The lowest BCUT2D eigenvalue weighted by Gasteiger charge is -2.29. The molecule has 34 heavy (non-hydrogen) atoms. The van der Waals surface area contributed by atoms with E-state index in [1.807, 2.05) is 80.6 Å². The van der Waals surface area contributed by atoms with E-state index in [1.165, 1.54) is 0 Å². The summed E-state index contributed by atoms with van der Waals surface area (Å²) < 4.78 is 7.68. The molecule has 1 aliphatic heterocycles. The number of amides is 1. The Balaban J connectivity index is 1.64. The maximum atomic E-state index is 13.6. The van der Waals surface area contributed by atoms with E-state index in [0.29, 0.717) is 41.1 Å². The fourth-order valence-corrected chi connectivity index (χ4v) is 4.07. The third-order valence-corrected chi connectivity index (χ3v) is 5.58. The Bertz CT molecular complexity index is 1350. The van der Waals surface area contributed by atoms with E-state index in [2.05, 4.69) is 15.6 Å². The molecule has 0 fully saturated rings. The number of carbonyl (C=O) groups excluding carboxylic acids is 1. The maximum Gasteiger partial charge on any atom is 0.255 e. The number of nitrogens with one attached hydrogen (secondary N) is 2. The Morgan fingerprint density at radius 2 is 1.79 bits per heavy atom. The normalized spacial score (nSPS) is 14.8. The zero-order valence-electron chi connectivity index (χ0n) is 18.9. The molecule has 8 nitrogen and oxygen atoms in total. The van der Waals surface area contributed by atoms with E-state index >= 15 is 0 Å². The molecule has 1 aliphatic rings. The number of anilines is 2. The van der Waals surface area contributed by atoms with Gasteiger partial charge in [-0.2, -0.15) is 4.98 Å². The number of hydrogen-bond acceptors (Lipinski definition) is 6. The summed E-state index contributed by atoms with van der Waals surface area (Å²) >= 11 is 0. The number of carbonyl (C=O) groups is 1. The molecule has 0 saturated carbocycles. The number of pyridine rings is 1. The van der Waals surface area contributed by atoms with Crippen molar-refractivity contribution >= 4 is 17.5 Å². The fourth-order valence-electron chi connectivity index (χ4n) is 4.07. The SMILES string of the molecule is CCOc1ccccc1C1C(C(=O)Nc2ccccc2)=C(C)Nc2nc(-c3ccncc3)nn21. The Morgan fingerprint density at radius 3 is 2.56 bits per heavy atom. The van der Waals surface area contributed by atoms with Gasteiger partial charge in [0.15, 0.2) is 5.82 Å². The van der Waals surface area contributed by atoms with Crippen LogP contribution in [0.25, 0.3) is 11.4 Å². The number of rotatable bonds is 6. The smallest absolute Gasteiger partial charge is 0.255 e. The lowest BCUT2D eigenvalue weighted by molar-refractivity contribution is -0.113. The summed E-state index contributed by atoms with van der Waals surface area (Å²) in [4.78, 5) is 22.4. The van der Waals surface area contributed by atoms with Gasteiger partial charge in [0.25, 0.3) is 5.91 Å². The molecule has 170 valence electrons. The molecule has 0 aliphatic carbocycles. The van der Waals surface area contributed by atoms with Gasteiger partial charge >= 0.3 is 0 Å². The van der Waals surface area contributed by atoms with Crippen LogP contribution in [0.1, 0.15) is 25.5 Å². The van der Waals surface area contributed by atoms with Gasteiger partial charge in [-0.3, -0.25) is 9.78 Å². The second kappa shape index (κ2) is 9.19. The van der Waals surface area contributed by atoms with Crippen molar-refractivity contribution < 1.29 is 9.53 Å². The van der Waals surface area contributed by atoms with E-state index in [4.69, 9.17) is 14.8 Å². The first-order chi connectivity index (χ1) is 16.7. The highest BCUT2D eigenvalue weighted by atomic mass is 16.5. The Hall–Kier alpha value is -4.46. The summed E-state index contributed by atoms with van der Waals surface area (Å²) in [6, 6.07) is 20.3. The molecule has 0 spiro atoms. The van der Waals surface area contributed by atoms with E-state index in [9.17, 15) is 4.79 Å². The summed E-state index contributed by atoms with van der Waals surface area (Å²) in [5.74, 6) is 1.57. The molecule has 8 heteroatoms. The molecule has 2 aromatic carbocycles. The van der Waals surface area contributed by atoms with Crippen LogP contribution in [0.15, 0.2) is 90.4 Å². The van der Waals surface area contributed by atoms with Crippen molar-refractivity contribution in [2.24, 2.45) is 0 Å². The van der Waals surface area contributed by atoms with E-state index < -0.39 is 6.04 Å². The van der Waals surface area contributed by atoms with Gasteiger partial charge in [0.1, 0.15) is 11.8 Å². The standard InChI is InChI=1S/C26H24N6O2/c1-3-34-21-12-8-7-11-20(21)23-22(25(33)29-19-9-5-4-6-10-19)17(2)28-26-30-24(31-32(23)26)18-13-15-27-16-14-18/h4-16,23H,3H2,1-2H3,(H,29,33)(H,28,30,31). The summed E-state index contributed by atoms with van der Waals surface area (Å²) in [5, 5.41) is 11.1. The molecular formula is C26H24N6O2. The summed E-state index contributed by atoms with van der Waals surface area (Å²) in [6.07, 6.45) is 3.40. The zero-order chi connectivity index (χ0) is 23.5. The Morgan fingerprint density at radius 1 is 1.06 bits per heavy atom. The van der Waals surface area contributed by atoms with Crippen molar-refractivity contribution in [1.82, 2.24) is 19.7 Å². The molecule has 0 bridgehead atoms. The number of nitrogens with zero attached hydrogens (tertiary/aromatic N) is 4. The number of para-hydroxylation sites is 2. The van der Waals surface area contributed by atoms with Gasteiger partial charge in [-0.05, 0) is 44.2 Å². The molecular weight excluding hydrogens is 428 g/mol. The Kier molecular flexibility index (Phi) is 5.78. The second-order valence-corrected chi connectivity index (χ2v) is 7.80. The summed E-state index contributed by atoms with van der Waals surface area (Å²) in [7, 11) is 0. The number of allylic oxidation sites excluding steroid dienone is 1. The number of hydrogen-bond donors (Lipinski definition) is 2. The third kappa shape index (κ3) is 4.01. The molecule has 3 heterocycles. The van der Waals surface area contributed by atoms with E-state index in [0.717, 1.165) is 11.1 Å². The lowest BCUT2D eigenvalue weighted by Crippen LogP contribution is -2.31. The van der Waals surface area contributed by atoms with Crippen molar-refractivity contribution in [3.63, 3.8) is 0 Å². The van der Waals surface area contributed by atoms with Crippen molar-refractivity contribution in [2.75, 3.05) is 17.2 Å². The molecule has 1 unspecified atom stereocenters. The van der Waals surface area contributed by atoms with Gasteiger partial charge in [-0.25, -0.2) is 4.68 Å². The van der Waals surface area contributed by atoms with E-state index in [1.54, 1.807) is 17.1 Å². The number of ether oxygens (including phenoxy) is 1. The molecule has 4 aromatic rings. The average molecular weight is 453 g/mol. The van der Waals surface area contributed by atoms with Crippen LogP contribution < -0.4 is 15.4 Å². The predicted molar refractivity (Wildman–Crippen MR) is 130 cm³/mol. The first kappa shape index (κ1) is 21.4. The summed E-state index contributed by atoms with van der Waals surface area (Å²) in [6.45, 7) is 4.31. The van der Waals surface area contributed by atoms with Gasteiger partial charge in [0, 0.05) is 34.9 Å². The van der Waals surface area contributed by atoms with Gasteiger partial charge in [0.2, 0.25) is 5.95 Å². The van der Waals surface area contributed by atoms with Crippen LogP contribution in [-0.4, -0.2) is 32.3 Å². The highest BCUT2D eigenvalue weighted by molar-refractivity contribution is 6.06. The van der Waals surface area contributed by atoms with Crippen molar-refractivity contribution in [2.45, 2.75) is 19.9 Å². The minimum Gasteiger partial charge on any atom is -0.494 e. The quantitative estimate of drug-likeness (QED) is 0.442. The minimum atomic E-state index is -0.536.